The minimum absolute atomic E-state index is 0.0312. The molecule has 112 valence electrons. The Morgan fingerprint density at radius 3 is 2.95 bits per heavy atom. The zero-order chi connectivity index (χ0) is 15.0. The fourth-order valence-corrected chi connectivity index (χ4v) is 2.89. The molecule has 5 nitrogen and oxygen atoms in total. The third kappa shape index (κ3) is 2.61. The molecule has 1 amide bonds. The molecule has 2 heterocycles. The highest BCUT2D eigenvalue weighted by Gasteiger charge is 2.28. The Hall–Kier alpha value is -2.01. The smallest absolute Gasteiger partial charge is 0.289 e. The summed E-state index contributed by atoms with van der Waals surface area (Å²) in [5, 5.41) is 0.875. The van der Waals surface area contributed by atoms with Crippen LogP contribution in [0.25, 0.3) is 11.0 Å². The topological polar surface area (TPSA) is 62.7 Å². The molecule has 1 fully saturated rings. The maximum Gasteiger partial charge on any atom is 0.289 e. The molecule has 1 aromatic heterocycles. The van der Waals surface area contributed by atoms with Gasteiger partial charge < -0.3 is 15.1 Å². The molecule has 0 bridgehead atoms. The van der Waals surface area contributed by atoms with Gasteiger partial charge in [0, 0.05) is 36.7 Å². The van der Waals surface area contributed by atoms with E-state index < -0.39 is 0 Å². The van der Waals surface area contributed by atoms with Crippen LogP contribution in [0.2, 0.25) is 0 Å². The van der Waals surface area contributed by atoms with E-state index in [9.17, 15) is 4.79 Å². The van der Waals surface area contributed by atoms with Gasteiger partial charge in [0.05, 0.1) is 0 Å². The number of likely N-dealkylation sites (N-methyl/N-ethyl adjacent to an activating group) is 1. The van der Waals surface area contributed by atoms with Crippen LogP contribution in [0.1, 0.15) is 23.9 Å². The molecule has 3 rings (SSSR count). The van der Waals surface area contributed by atoms with Gasteiger partial charge in [0.25, 0.3) is 5.91 Å². The van der Waals surface area contributed by atoms with Crippen molar-refractivity contribution >= 4 is 22.6 Å². The van der Waals surface area contributed by atoms with Crippen LogP contribution in [0.4, 0.5) is 5.69 Å². The van der Waals surface area contributed by atoms with Crippen LogP contribution in [-0.2, 0) is 0 Å². The number of rotatable bonds is 2. The minimum Gasteiger partial charge on any atom is -0.451 e. The third-order valence-corrected chi connectivity index (χ3v) is 4.29. The van der Waals surface area contributed by atoms with E-state index in [0.29, 0.717) is 23.1 Å². The summed E-state index contributed by atoms with van der Waals surface area (Å²) in [6.07, 6.45) is 1.04. The van der Waals surface area contributed by atoms with Gasteiger partial charge in [-0.3, -0.25) is 9.69 Å². The molecule has 1 saturated heterocycles. The molecular weight excluding hydrogens is 266 g/mol. The van der Waals surface area contributed by atoms with Crippen LogP contribution in [-0.4, -0.2) is 48.4 Å². The largest absolute Gasteiger partial charge is 0.451 e. The van der Waals surface area contributed by atoms with E-state index in [1.165, 1.54) is 0 Å². The first-order chi connectivity index (χ1) is 10.1. The number of anilines is 1. The fourth-order valence-electron chi connectivity index (χ4n) is 2.89. The van der Waals surface area contributed by atoms with Crippen LogP contribution in [0.15, 0.2) is 28.7 Å². The lowest BCUT2D eigenvalue weighted by atomic mass is 10.1. The number of carbonyl (C=O) groups is 1. The normalized spacial score (nSPS) is 20.1. The van der Waals surface area contributed by atoms with Gasteiger partial charge in [-0.05, 0) is 37.7 Å². The maximum absolute atomic E-state index is 12.6. The zero-order valence-electron chi connectivity index (χ0n) is 12.5. The van der Waals surface area contributed by atoms with Crippen molar-refractivity contribution in [2.45, 2.75) is 19.4 Å². The van der Waals surface area contributed by atoms with Gasteiger partial charge >= 0.3 is 0 Å². The second-order valence-corrected chi connectivity index (χ2v) is 5.70. The lowest BCUT2D eigenvalue weighted by Crippen LogP contribution is -2.52. The quantitative estimate of drug-likeness (QED) is 0.860. The average Bonchev–Trinajstić information content (AvgIpc) is 2.90. The molecule has 0 aliphatic carbocycles. The number of fused-ring (bicyclic) bond motifs is 1. The second kappa shape index (κ2) is 5.41. The Kier molecular flexibility index (Phi) is 3.59. The van der Waals surface area contributed by atoms with Crippen molar-refractivity contribution in [1.82, 2.24) is 9.80 Å². The zero-order valence-corrected chi connectivity index (χ0v) is 12.5. The number of nitrogen functional groups attached to an aromatic ring is 1. The number of furan rings is 1. The first kappa shape index (κ1) is 13.9. The number of piperazine rings is 1. The van der Waals surface area contributed by atoms with Crippen molar-refractivity contribution in [3.63, 3.8) is 0 Å². The number of nitrogens with two attached hydrogens (primary N) is 1. The number of hydrogen-bond donors (Lipinski definition) is 1. The highest BCUT2D eigenvalue weighted by molar-refractivity contribution is 5.96. The average molecular weight is 287 g/mol. The van der Waals surface area contributed by atoms with Crippen molar-refractivity contribution in [1.29, 1.82) is 0 Å². The monoisotopic (exact) mass is 287 g/mol. The Morgan fingerprint density at radius 1 is 1.38 bits per heavy atom. The molecule has 2 N–H and O–H groups in total. The number of nitrogens with zero attached hydrogens (tertiary/aromatic N) is 2. The molecule has 1 aliphatic rings. The van der Waals surface area contributed by atoms with Crippen molar-refractivity contribution in [2.24, 2.45) is 0 Å². The minimum atomic E-state index is -0.0312. The third-order valence-electron chi connectivity index (χ3n) is 4.29. The van der Waals surface area contributed by atoms with Crippen molar-refractivity contribution in [3.8, 4) is 0 Å². The Labute approximate surface area is 124 Å². The molecule has 1 unspecified atom stereocenters. The summed E-state index contributed by atoms with van der Waals surface area (Å²) >= 11 is 0. The van der Waals surface area contributed by atoms with E-state index in [4.69, 9.17) is 10.2 Å². The standard InChI is InChI=1S/C16H21N3O2/c1-3-13-10-19(7-6-18(13)2)16(20)15-9-11-8-12(17)4-5-14(11)21-15/h4-5,8-9,13H,3,6-7,10,17H2,1-2H3. The Bertz CT molecular complexity index is 665. The molecule has 1 aromatic carbocycles. The maximum atomic E-state index is 12.6. The first-order valence-corrected chi connectivity index (χ1v) is 7.37. The molecular formula is C16H21N3O2. The highest BCUT2D eigenvalue weighted by Crippen LogP contribution is 2.23. The molecule has 1 atom stereocenters. The summed E-state index contributed by atoms with van der Waals surface area (Å²) in [6.45, 7) is 4.55. The van der Waals surface area contributed by atoms with E-state index in [2.05, 4.69) is 18.9 Å². The van der Waals surface area contributed by atoms with E-state index >= 15 is 0 Å². The highest BCUT2D eigenvalue weighted by atomic mass is 16.3. The molecule has 0 spiro atoms. The van der Waals surface area contributed by atoms with Crippen LogP contribution in [0.3, 0.4) is 0 Å². The number of benzene rings is 1. The van der Waals surface area contributed by atoms with Crippen LogP contribution in [0, 0.1) is 0 Å². The predicted octanol–water partition coefficient (Wildman–Crippen LogP) is 2.18. The summed E-state index contributed by atoms with van der Waals surface area (Å²) in [6, 6.07) is 7.62. The summed E-state index contributed by atoms with van der Waals surface area (Å²) in [5.74, 6) is 0.367. The van der Waals surface area contributed by atoms with Crippen LogP contribution in [0.5, 0.6) is 0 Å². The van der Waals surface area contributed by atoms with Gasteiger partial charge in [-0.25, -0.2) is 0 Å². The van der Waals surface area contributed by atoms with Gasteiger partial charge in [0.2, 0.25) is 0 Å². The van der Waals surface area contributed by atoms with Gasteiger partial charge in [0.1, 0.15) is 5.58 Å². The van der Waals surface area contributed by atoms with E-state index in [1.807, 2.05) is 11.0 Å². The Morgan fingerprint density at radius 2 is 2.19 bits per heavy atom. The lowest BCUT2D eigenvalue weighted by Gasteiger charge is -2.38. The number of carbonyl (C=O) groups excluding carboxylic acids is 1. The van der Waals surface area contributed by atoms with Gasteiger partial charge in [-0.1, -0.05) is 6.92 Å². The van der Waals surface area contributed by atoms with Gasteiger partial charge in [-0.15, -0.1) is 0 Å². The van der Waals surface area contributed by atoms with Gasteiger partial charge in [-0.2, -0.15) is 0 Å². The van der Waals surface area contributed by atoms with Crippen molar-refractivity contribution in [3.05, 3.63) is 30.0 Å². The van der Waals surface area contributed by atoms with Crippen molar-refractivity contribution < 1.29 is 9.21 Å². The summed E-state index contributed by atoms with van der Waals surface area (Å²) < 4.78 is 5.67. The predicted molar refractivity (Wildman–Crippen MR) is 83.2 cm³/mol. The van der Waals surface area contributed by atoms with Crippen LogP contribution >= 0.6 is 0 Å². The molecule has 1 aliphatic heterocycles. The number of hydrogen-bond acceptors (Lipinski definition) is 4. The van der Waals surface area contributed by atoms with E-state index in [1.54, 1.807) is 18.2 Å². The second-order valence-electron chi connectivity index (χ2n) is 5.70. The SMILES string of the molecule is CCC1CN(C(=O)c2cc3cc(N)ccc3o2)CCN1C. The van der Waals surface area contributed by atoms with E-state index in [-0.39, 0.29) is 5.91 Å². The summed E-state index contributed by atoms with van der Waals surface area (Å²) in [7, 11) is 2.11. The van der Waals surface area contributed by atoms with Crippen LogP contribution < -0.4 is 5.73 Å². The Balaban J connectivity index is 1.83. The summed E-state index contributed by atoms with van der Waals surface area (Å²) in [5.41, 5.74) is 7.14. The van der Waals surface area contributed by atoms with Gasteiger partial charge in [0.15, 0.2) is 5.76 Å². The van der Waals surface area contributed by atoms with E-state index in [0.717, 1.165) is 31.4 Å². The molecule has 2 aromatic rings. The molecule has 0 saturated carbocycles. The fraction of sp³-hybridized carbons (Fsp3) is 0.438. The lowest BCUT2D eigenvalue weighted by molar-refractivity contribution is 0.0515. The number of amides is 1. The molecule has 0 radical (unpaired) electrons. The molecule has 5 heteroatoms. The first-order valence-electron chi connectivity index (χ1n) is 7.37. The van der Waals surface area contributed by atoms with Crippen molar-refractivity contribution in [2.75, 3.05) is 32.4 Å². The summed E-state index contributed by atoms with van der Waals surface area (Å²) in [4.78, 5) is 16.8. The molecule has 21 heavy (non-hydrogen) atoms.